The van der Waals surface area contributed by atoms with E-state index in [0.717, 1.165) is 0 Å². The van der Waals surface area contributed by atoms with E-state index < -0.39 is 15.3 Å². The second kappa shape index (κ2) is 5.66. The van der Waals surface area contributed by atoms with Crippen molar-refractivity contribution in [3.63, 3.8) is 0 Å². The molecule has 18 heavy (non-hydrogen) atoms. The zero-order valence-corrected chi connectivity index (χ0v) is 12.3. The molecule has 1 heterocycles. The number of hydrogen-bond donors (Lipinski definition) is 2. The molecule has 0 amide bonds. The van der Waals surface area contributed by atoms with Crippen molar-refractivity contribution in [2.24, 2.45) is 5.73 Å². The van der Waals surface area contributed by atoms with Gasteiger partial charge in [0.1, 0.15) is 5.25 Å². The Labute approximate surface area is 113 Å². The van der Waals surface area contributed by atoms with Crippen LogP contribution in [0.1, 0.15) is 33.2 Å². The molecule has 0 bridgehead atoms. The smallest absolute Gasteiger partial charge is 0.242 e. The first-order valence-corrected chi connectivity index (χ1v) is 7.58. The summed E-state index contributed by atoms with van der Waals surface area (Å²) in [5.74, 6) is 0. The van der Waals surface area contributed by atoms with Crippen LogP contribution in [0.3, 0.4) is 0 Å². The van der Waals surface area contributed by atoms with Gasteiger partial charge >= 0.3 is 0 Å². The maximum absolute atomic E-state index is 12.0. The monoisotopic (exact) mass is 290 g/mol. The SMILES string of the molecule is CCC(C(N)=S)S(=O)(=O)Nc1cnn(C(C)C)c1. The van der Waals surface area contributed by atoms with Crippen molar-refractivity contribution in [2.75, 3.05) is 4.72 Å². The number of thiocarbonyl (C=S) groups is 1. The summed E-state index contributed by atoms with van der Waals surface area (Å²) in [6.07, 6.45) is 3.43. The fraction of sp³-hybridized carbons (Fsp3) is 0.600. The van der Waals surface area contributed by atoms with Crippen molar-refractivity contribution in [1.29, 1.82) is 0 Å². The molecule has 1 unspecified atom stereocenters. The van der Waals surface area contributed by atoms with Gasteiger partial charge in [0.2, 0.25) is 10.0 Å². The highest BCUT2D eigenvalue weighted by Crippen LogP contribution is 2.15. The molecule has 0 radical (unpaired) electrons. The lowest BCUT2D eigenvalue weighted by atomic mass is 10.3. The number of rotatable bonds is 6. The van der Waals surface area contributed by atoms with Crippen LogP contribution in [0.2, 0.25) is 0 Å². The van der Waals surface area contributed by atoms with Gasteiger partial charge in [-0.1, -0.05) is 19.1 Å². The van der Waals surface area contributed by atoms with Gasteiger partial charge < -0.3 is 5.73 Å². The molecule has 0 aliphatic rings. The van der Waals surface area contributed by atoms with E-state index in [-0.39, 0.29) is 11.0 Å². The third-order valence-electron chi connectivity index (χ3n) is 2.45. The van der Waals surface area contributed by atoms with Gasteiger partial charge in [0.15, 0.2) is 0 Å². The number of nitrogens with one attached hydrogen (secondary N) is 1. The Morgan fingerprint density at radius 1 is 1.61 bits per heavy atom. The van der Waals surface area contributed by atoms with E-state index in [4.69, 9.17) is 18.0 Å². The van der Waals surface area contributed by atoms with E-state index in [1.54, 1.807) is 17.8 Å². The molecule has 102 valence electrons. The highest BCUT2D eigenvalue weighted by Gasteiger charge is 2.26. The van der Waals surface area contributed by atoms with Crippen molar-refractivity contribution in [1.82, 2.24) is 9.78 Å². The first-order valence-electron chi connectivity index (χ1n) is 5.63. The number of nitrogens with zero attached hydrogens (tertiary/aromatic N) is 2. The van der Waals surface area contributed by atoms with Crippen molar-refractivity contribution in [2.45, 2.75) is 38.5 Å². The third kappa shape index (κ3) is 3.42. The summed E-state index contributed by atoms with van der Waals surface area (Å²) < 4.78 is 28.2. The summed E-state index contributed by atoms with van der Waals surface area (Å²) in [6.45, 7) is 5.63. The van der Waals surface area contributed by atoms with Gasteiger partial charge in [-0.15, -0.1) is 0 Å². The number of nitrogens with two attached hydrogens (primary N) is 1. The molecule has 8 heteroatoms. The Morgan fingerprint density at radius 3 is 2.61 bits per heavy atom. The Balaban J connectivity index is 2.91. The summed E-state index contributed by atoms with van der Waals surface area (Å²) >= 11 is 4.77. The fourth-order valence-electron chi connectivity index (χ4n) is 1.48. The molecule has 3 N–H and O–H groups in total. The first-order chi connectivity index (χ1) is 8.27. The molecular weight excluding hydrogens is 272 g/mol. The van der Waals surface area contributed by atoms with Crippen LogP contribution < -0.4 is 10.5 Å². The topological polar surface area (TPSA) is 90.0 Å². The van der Waals surface area contributed by atoms with Crippen LogP contribution in [0.15, 0.2) is 12.4 Å². The highest BCUT2D eigenvalue weighted by molar-refractivity contribution is 7.95. The highest BCUT2D eigenvalue weighted by atomic mass is 32.2. The molecule has 1 aromatic rings. The standard InChI is InChI=1S/C10H18N4O2S2/c1-4-9(10(11)17)18(15,16)13-8-5-12-14(6-8)7(2)3/h5-7,9,13H,4H2,1-3H3,(H2,11,17). The maximum Gasteiger partial charge on any atom is 0.242 e. The van der Waals surface area contributed by atoms with Gasteiger partial charge in [0.25, 0.3) is 0 Å². The molecule has 0 saturated heterocycles. The summed E-state index contributed by atoms with van der Waals surface area (Å²) in [5, 5.41) is 3.19. The van der Waals surface area contributed by atoms with Gasteiger partial charge in [0.05, 0.1) is 16.9 Å². The molecule has 6 nitrogen and oxygen atoms in total. The largest absolute Gasteiger partial charge is 0.392 e. The number of sulfonamides is 1. The molecule has 0 aliphatic heterocycles. The quantitative estimate of drug-likeness (QED) is 0.770. The van der Waals surface area contributed by atoms with Crippen molar-refractivity contribution in [3.05, 3.63) is 12.4 Å². The van der Waals surface area contributed by atoms with E-state index in [1.165, 1.54) is 6.20 Å². The lowest BCUT2D eigenvalue weighted by Crippen LogP contribution is -2.37. The second-order valence-electron chi connectivity index (χ2n) is 4.25. The Morgan fingerprint density at radius 2 is 2.22 bits per heavy atom. The number of anilines is 1. The van der Waals surface area contributed by atoms with Gasteiger partial charge in [-0.3, -0.25) is 9.40 Å². The van der Waals surface area contributed by atoms with Crippen molar-refractivity contribution < 1.29 is 8.42 Å². The van der Waals surface area contributed by atoms with Crippen molar-refractivity contribution >= 4 is 32.9 Å². The minimum atomic E-state index is -3.61. The Bertz CT molecular complexity index is 522. The van der Waals surface area contributed by atoms with E-state index in [9.17, 15) is 8.42 Å². The molecule has 1 aromatic heterocycles. The van der Waals surface area contributed by atoms with E-state index in [2.05, 4.69) is 9.82 Å². The number of aromatic nitrogens is 2. The van der Waals surface area contributed by atoms with E-state index in [0.29, 0.717) is 12.1 Å². The fourth-order valence-corrected chi connectivity index (χ4v) is 3.35. The Hall–Kier alpha value is -1.15. The molecule has 1 atom stereocenters. The minimum absolute atomic E-state index is 0.0266. The summed E-state index contributed by atoms with van der Waals surface area (Å²) in [7, 11) is -3.61. The minimum Gasteiger partial charge on any atom is -0.392 e. The van der Waals surface area contributed by atoms with Crippen LogP contribution >= 0.6 is 12.2 Å². The van der Waals surface area contributed by atoms with Crippen LogP contribution in [-0.4, -0.2) is 28.4 Å². The van der Waals surface area contributed by atoms with Crippen LogP contribution in [-0.2, 0) is 10.0 Å². The second-order valence-corrected chi connectivity index (χ2v) is 6.58. The first kappa shape index (κ1) is 14.9. The van der Waals surface area contributed by atoms with Gasteiger partial charge in [-0.25, -0.2) is 8.42 Å². The zero-order valence-electron chi connectivity index (χ0n) is 10.6. The van der Waals surface area contributed by atoms with Crippen LogP contribution in [0.25, 0.3) is 0 Å². The van der Waals surface area contributed by atoms with E-state index in [1.807, 2.05) is 13.8 Å². The van der Waals surface area contributed by atoms with E-state index >= 15 is 0 Å². The molecule has 0 aromatic carbocycles. The van der Waals surface area contributed by atoms with Crippen LogP contribution in [0, 0.1) is 0 Å². The molecule has 0 fully saturated rings. The number of hydrogen-bond acceptors (Lipinski definition) is 4. The predicted molar refractivity (Wildman–Crippen MR) is 76.0 cm³/mol. The normalized spacial score (nSPS) is 13.6. The molecular formula is C10H18N4O2S2. The average Bonchev–Trinajstić information content (AvgIpc) is 2.64. The average molecular weight is 290 g/mol. The van der Waals surface area contributed by atoms with Gasteiger partial charge in [0, 0.05) is 12.2 Å². The molecule has 1 rings (SSSR count). The summed E-state index contributed by atoms with van der Waals surface area (Å²) in [4.78, 5) is -0.0266. The lowest BCUT2D eigenvalue weighted by Gasteiger charge is -2.14. The maximum atomic E-state index is 12.0. The van der Waals surface area contributed by atoms with Crippen LogP contribution in [0.5, 0.6) is 0 Å². The molecule has 0 aliphatic carbocycles. The third-order valence-corrected chi connectivity index (χ3v) is 4.74. The summed E-state index contributed by atoms with van der Waals surface area (Å²) in [5.41, 5.74) is 5.85. The van der Waals surface area contributed by atoms with Gasteiger partial charge in [-0.2, -0.15) is 5.10 Å². The van der Waals surface area contributed by atoms with Crippen LogP contribution in [0.4, 0.5) is 5.69 Å². The molecule has 0 saturated carbocycles. The predicted octanol–water partition coefficient (Wildman–Crippen LogP) is 1.27. The molecule has 0 spiro atoms. The van der Waals surface area contributed by atoms with Crippen molar-refractivity contribution in [3.8, 4) is 0 Å². The summed E-state index contributed by atoms with van der Waals surface area (Å²) in [6, 6.07) is 0.167. The lowest BCUT2D eigenvalue weighted by molar-refractivity contribution is 0.532. The zero-order chi connectivity index (χ0) is 13.9. The Kier molecular flexibility index (Phi) is 4.69. The van der Waals surface area contributed by atoms with Gasteiger partial charge in [-0.05, 0) is 20.3 Å².